The summed E-state index contributed by atoms with van der Waals surface area (Å²) in [6, 6.07) is 4.75. The number of hydrogen-bond acceptors (Lipinski definition) is 3. The van der Waals surface area contributed by atoms with Crippen molar-refractivity contribution >= 4 is 15.9 Å². The molecule has 5 heteroatoms. The molecule has 1 aromatic rings. The largest absolute Gasteiger partial charge is 0.378 e. The number of ether oxygens (including phenoxy) is 1. The Balaban J connectivity index is 1.88. The third-order valence-electron chi connectivity index (χ3n) is 3.58. The molecule has 1 fully saturated rings. The molecular weight excluding hydrogens is 311 g/mol. The summed E-state index contributed by atoms with van der Waals surface area (Å²) in [7, 11) is 0. The van der Waals surface area contributed by atoms with Gasteiger partial charge in [0.2, 0.25) is 0 Å². The Morgan fingerprint density at radius 1 is 1.53 bits per heavy atom. The summed E-state index contributed by atoms with van der Waals surface area (Å²) in [4.78, 5) is 0. The van der Waals surface area contributed by atoms with Crippen molar-refractivity contribution in [2.75, 3.05) is 6.61 Å². The van der Waals surface area contributed by atoms with Gasteiger partial charge in [0.1, 0.15) is 5.82 Å². The van der Waals surface area contributed by atoms with E-state index >= 15 is 0 Å². The Hall–Kier alpha value is -0.490. The van der Waals surface area contributed by atoms with Crippen LogP contribution in [0.25, 0.3) is 0 Å². The maximum absolute atomic E-state index is 13.1. The fraction of sp³-hybridized carbons (Fsp3) is 0.571. The Kier molecular flexibility index (Phi) is 5.76. The van der Waals surface area contributed by atoms with Crippen LogP contribution in [-0.2, 0) is 4.74 Å². The van der Waals surface area contributed by atoms with Crippen LogP contribution in [0.15, 0.2) is 22.7 Å². The summed E-state index contributed by atoms with van der Waals surface area (Å²) in [5, 5.41) is 0. The lowest BCUT2D eigenvalue weighted by Gasteiger charge is -2.18. The fourth-order valence-corrected chi connectivity index (χ4v) is 3.16. The van der Waals surface area contributed by atoms with Gasteiger partial charge in [-0.05, 0) is 49.8 Å². The number of rotatable bonds is 6. The van der Waals surface area contributed by atoms with Crippen molar-refractivity contribution in [1.29, 1.82) is 0 Å². The average molecular weight is 331 g/mol. The molecule has 1 saturated heterocycles. The Morgan fingerprint density at radius 3 is 3.00 bits per heavy atom. The summed E-state index contributed by atoms with van der Waals surface area (Å²) < 4.78 is 19.4. The number of hydrogen-bond donors (Lipinski definition) is 2. The second-order valence-electron chi connectivity index (χ2n) is 4.95. The number of nitrogens with one attached hydrogen (secondary N) is 1. The summed E-state index contributed by atoms with van der Waals surface area (Å²) in [5.41, 5.74) is 3.81. The lowest BCUT2D eigenvalue weighted by atomic mass is 10.00. The molecule has 0 saturated carbocycles. The van der Waals surface area contributed by atoms with Crippen LogP contribution in [-0.4, -0.2) is 12.7 Å². The molecule has 3 N–H and O–H groups in total. The van der Waals surface area contributed by atoms with E-state index in [0.717, 1.165) is 35.9 Å². The van der Waals surface area contributed by atoms with Gasteiger partial charge in [-0.2, -0.15) is 0 Å². The van der Waals surface area contributed by atoms with E-state index in [1.807, 2.05) is 0 Å². The first-order chi connectivity index (χ1) is 9.20. The molecule has 1 heterocycles. The highest BCUT2D eigenvalue weighted by atomic mass is 79.9. The van der Waals surface area contributed by atoms with Crippen molar-refractivity contribution in [3.63, 3.8) is 0 Å². The standard InChI is InChI=1S/C14H20BrFN2O/c15-13-9-10(16)6-7-12(13)14(18-17)5-1-3-11-4-2-8-19-11/h6-7,9,11,14,18H,1-5,8,17H2. The van der Waals surface area contributed by atoms with Gasteiger partial charge in [0, 0.05) is 17.1 Å². The first-order valence-electron chi connectivity index (χ1n) is 6.73. The zero-order valence-corrected chi connectivity index (χ0v) is 12.5. The molecule has 2 atom stereocenters. The third-order valence-corrected chi connectivity index (χ3v) is 4.27. The Bertz CT molecular complexity index is 410. The summed E-state index contributed by atoms with van der Waals surface area (Å²) in [6.45, 7) is 0.896. The predicted molar refractivity (Wildman–Crippen MR) is 77.0 cm³/mol. The van der Waals surface area contributed by atoms with Crippen LogP contribution < -0.4 is 11.3 Å². The van der Waals surface area contributed by atoms with Crippen LogP contribution in [0.1, 0.15) is 43.7 Å². The van der Waals surface area contributed by atoms with E-state index in [0.29, 0.717) is 6.10 Å². The minimum Gasteiger partial charge on any atom is -0.378 e. The normalized spacial score (nSPS) is 20.7. The molecule has 0 bridgehead atoms. The number of benzene rings is 1. The van der Waals surface area contributed by atoms with Gasteiger partial charge in [-0.1, -0.05) is 22.0 Å². The predicted octanol–water partition coefficient (Wildman–Crippen LogP) is 3.44. The van der Waals surface area contributed by atoms with E-state index in [9.17, 15) is 4.39 Å². The van der Waals surface area contributed by atoms with Crippen LogP contribution in [0.3, 0.4) is 0 Å². The minimum atomic E-state index is -0.245. The molecular formula is C14H20BrFN2O. The van der Waals surface area contributed by atoms with E-state index in [-0.39, 0.29) is 11.9 Å². The van der Waals surface area contributed by atoms with Gasteiger partial charge in [0.25, 0.3) is 0 Å². The zero-order chi connectivity index (χ0) is 13.7. The minimum absolute atomic E-state index is 0.0383. The average Bonchev–Trinajstić information content (AvgIpc) is 2.89. The van der Waals surface area contributed by atoms with Crippen molar-refractivity contribution < 1.29 is 9.13 Å². The van der Waals surface area contributed by atoms with Gasteiger partial charge >= 0.3 is 0 Å². The highest BCUT2D eigenvalue weighted by Gasteiger charge is 2.17. The van der Waals surface area contributed by atoms with Crippen LogP contribution in [0.2, 0.25) is 0 Å². The van der Waals surface area contributed by atoms with Gasteiger partial charge in [-0.3, -0.25) is 11.3 Å². The van der Waals surface area contributed by atoms with Crippen molar-refractivity contribution in [3.8, 4) is 0 Å². The molecule has 2 rings (SSSR count). The molecule has 1 aliphatic heterocycles. The zero-order valence-electron chi connectivity index (χ0n) is 10.9. The van der Waals surface area contributed by atoms with Crippen molar-refractivity contribution in [2.45, 2.75) is 44.2 Å². The maximum atomic E-state index is 13.1. The molecule has 3 nitrogen and oxygen atoms in total. The monoisotopic (exact) mass is 330 g/mol. The molecule has 0 amide bonds. The molecule has 1 aliphatic rings. The van der Waals surface area contributed by atoms with Crippen LogP contribution in [0, 0.1) is 5.82 Å². The fourth-order valence-electron chi connectivity index (χ4n) is 2.53. The van der Waals surface area contributed by atoms with Gasteiger partial charge in [0.05, 0.1) is 6.10 Å². The van der Waals surface area contributed by atoms with E-state index in [1.165, 1.54) is 25.0 Å². The third kappa shape index (κ3) is 4.24. The lowest BCUT2D eigenvalue weighted by molar-refractivity contribution is 0.101. The summed E-state index contributed by atoms with van der Waals surface area (Å²) >= 11 is 3.39. The second kappa shape index (κ2) is 7.33. The highest BCUT2D eigenvalue weighted by molar-refractivity contribution is 9.10. The SMILES string of the molecule is NNC(CCCC1CCCO1)c1ccc(F)cc1Br. The molecule has 1 aromatic carbocycles. The molecule has 0 aliphatic carbocycles. The number of nitrogens with two attached hydrogens (primary N) is 1. The molecule has 106 valence electrons. The summed E-state index contributed by atoms with van der Waals surface area (Å²) in [5.74, 6) is 5.37. The second-order valence-corrected chi connectivity index (χ2v) is 5.81. The maximum Gasteiger partial charge on any atom is 0.124 e. The van der Waals surface area contributed by atoms with Crippen molar-refractivity contribution in [1.82, 2.24) is 5.43 Å². The molecule has 19 heavy (non-hydrogen) atoms. The van der Waals surface area contributed by atoms with E-state index < -0.39 is 0 Å². The molecule has 0 aromatic heterocycles. The Labute approximate surface area is 121 Å². The lowest BCUT2D eigenvalue weighted by Crippen LogP contribution is -2.28. The summed E-state index contributed by atoms with van der Waals surface area (Å²) in [6.07, 6.45) is 5.78. The first kappa shape index (κ1) is 14.9. The van der Waals surface area contributed by atoms with Crippen LogP contribution >= 0.6 is 15.9 Å². The quantitative estimate of drug-likeness (QED) is 0.620. The molecule has 2 unspecified atom stereocenters. The number of hydrazine groups is 1. The molecule has 0 spiro atoms. The van der Waals surface area contributed by atoms with Gasteiger partial charge in [-0.15, -0.1) is 0 Å². The Morgan fingerprint density at radius 2 is 2.37 bits per heavy atom. The smallest absolute Gasteiger partial charge is 0.124 e. The van der Waals surface area contributed by atoms with Crippen LogP contribution in [0.5, 0.6) is 0 Å². The van der Waals surface area contributed by atoms with Gasteiger partial charge in [0.15, 0.2) is 0 Å². The van der Waals surface area contributed by atoms with Crippen molar-refractivity contribution in [3.05, 3.63) is 34.1 Å². The van der Waals surface area contributed by atoms with E-state index in [1.54, 1.807) is 6.07 Å². The van der Waals surface area contributed by atoms with Gasteiger partial charge in [-0.25, -0.2) is 4.39 Å². The van der Waals surface area contributed by atoms with Gasteiger partial charge < -0.3 is 4.74 Å². The number of halogens is 2. The topological polar surface area (TPSA) is 47.3 Å². The molecule has 0 radical (unpaired) electrons. The van der Waals surface area contributed by atoms with Crippen LogP contribution in [0.4, 0.5) is 4.39 Å². The van der Waals surface area contributed by atoms with Crippen molar-refractivity contribution in [2.24, 2.45) is 5.84 Å². The van der Waals surface area contributed by atoms with E-state index in [4.69, 9.17) is 10.6 Å². The first-order valence-corrected chi connectivity index (χ1v) is 7.52. The highest BCUT2D eigenvalue weighted by Crippen LogP contribution is 2.28. The van der Waals surface area contributed by atoms with E-state index in [2.05, 4.69) is 21.4 Å².